The molecule has 3 atom stereocenters. The van der Waals surface area contributed by atoms with Crippen molar-refractivity contribution >= 4 is 15.7 Å². The summed E-state index contributed by atoms with van der Waals surface area (Å²) in [6.45, 7) is 3.92. The lowest BCUT2D eigenvalue weighted by atomic mass is 9.87. The molecule has 0 radical (unpaired) electrons. The van der Waals surface area contributed by atoms with Crippen LogP contribution in [0.1, 0.15) is 29.5 Å². The molecule has 0 amide bonds. The summed E-state index contributed by atoms with van der Waals surface area (Å²) in [5.74, 6) is 0.0394. The Labute approximate surface area is 237 Å². The number of sulfonamides is 1. The molecule has 0 bridgehead atoms. The summed E-state index contributed by atoms with van der Waals surface area (Å²) in [4.78, 5) is 15.2. The van der Waals surface area contributed by atoms with Crippen molar-refractivity contribution in [2.75, 3.05) is 45.9 Å². The number of piperazine rings is 1. The zero-order chi connectivity index (χ0) is 28.7. The molecule has 6 rings (SSSR count). The van der Waals surface area contributed by atoms with Crippen LogP contribution in [0.4, 0.5) is 10.1 Å². The number of para-hydroxylation sites is 2. The number of hydrogen-bond donors (Lipinski definition) is 1. The van der Waals surface area contributed by atoms with E-state index in [0.29, 0.717) is 49.7 Å². The summed E-state index contributed by atoms with van der Waals surface area (Å²) in [5, 5.41) is 21.2. The van der Waals surface area contributed by atoms with Crippen LogP contribution in [0, 0.1) is 15.9 Å². The van der Waals surface area contributed by atoms with Gasteiger partial charge in [-0.2, -0.15) is 4.31 Å². The van der Waals surface area contributed by atoms with Gasteiger partial charge in [0.25, 0.3) is 15.7 Å². The van der Waals surface area contributed by atoms with E-state index in [9.17, 15) is 28.0 Å². The highest BCUT2D eigenvalue weighted by Gasteiger charge is 2.53. The molecule has 41 heavy (non-hydrogen) atoms. The lowest BCUT2D eigenvalue weighted by Crippen LogP contribution is -2.51. The van der Waals surface area contributed by atoms with Crippen LogP contribution >= 0.6 is 0 Å². The van der Waals surface area contributed by atoms with Gasteiger partial charge < -0.3 is 9.84 Å². The second-order valence-corrected chi connectivity index (χ2v) is 12.5. The molecule has 1 N–H and O–H groups in total. The number of ether oxygens (including phenoxy) is 1. The Morgan fingerprint density at radius 1 is 0.951 bits per heavy atom. The molecule has 216 valence electrons. The highest BCUT2D eigenvalue weighted by atomic mass is 32.2. The molecule has 0 spiro atoms. The number of nitro benzene ring substituents is 1. The van der Waals surface area contributed by atoms with Crippen molar-refractivity contribution in [3.63, 3.8) is 0 Å². The first-order chi connectivity index (χ1) is 19.8. The van der Waals surface area contributed by atoms with Crippen molar-refractivity contribution in [3.05, 3.63) is 93.8 Å². The van der Waals surface area contributed by atoms with E-state index in [4.69, 9.17) is 4.74 Å². The van der Waals surface area contributed by atoms with Crippen LogP contribution in [0.3, 0.4) is 0 Å². The van der Waals surface area contributed by atoms with E-state index in [-0.39, 0.29) is 17.4 Å². The van der Waals surface area contributed by atoms with Crippen LogP contribution in [-0.4, -0.2) is 84.5 Å². The normalized spacial score (nSPS) is 23.2. The quantitative estimate of drug-likeness (QED) is 0.331. The maximum Gasteiger partial charge on any atom is 0.289 e. The van der Waals surface area contributed by atoms with E-state index in [1.54, 1.807) is 0 Å². The predicted molar refractivity (Wildman–Crippen MR) is 149 cm³/mol. The van der Waals surface area contributed by atoms with Gasteiger partial charge in [-0.05, 0) is 42.3 Å². The van der Waals surface area contributed by atoms with Crippen LogP contribution in [0.25, 0.3) is 0 Å². The van der Waals surface area contributed by atoms with Crippen LogP contribution in [0.5, 0.6) is 11.5 Å². The highest BCUT2D eigenvalue weighted by molar-refractivity contribution is 7.89. The summed E-state index contributed by atoms with van der Waals surface area (Å²) in [7, 11) is -4.43. The second kappa shape index (κ2) is 11.1. The van der Waals surface area contributed by atoms with Crippen molar-refractivity contribution in [1.82, 2.24) is 14.1 Å². The van der Waals surface area contributed by atoms with Gasteiger partial charge in [-0.1, -0.05) is 30.3 Å². The second-order valence-electron chi connectivity index (χ2n) is 10.7. The molecule has 3 aliphatic heterocycles. The first kappa shape index (κ1) is 27.7. The lowest BCUT2D eigenvalue weighted by Gasteiger charge is -2.38. The van der Waals surface area contributed by atoms with E-state index < -0.39 is 38.5 Å². The maximum atomic E-state index is 14.8. The Bertz CT molecular complexity index is 1560. The number of halogens is 1. The molecule has 0 saturated carbocycles. The van der Waals surface area contributed by atoms with Crippen molar-refractivity contribution in [2.45, 2.75) is 29.3 Å². The van der Waals surface area contributed by atoms with Gasteiger partial charge in [0.1, 0.15) is 17.3 Å². The lowest BCUT2D eigenvalue weighted by molar-refractivity contribution is -0.387. The van der Waals surface area contributed by atoms with Crippen molar-refractivity contribution in [3.8, 4) is 11.5 Å². The van der Waals surface area contributed by atoms with Crippen LogP contribution in [-0.2, 0) is 10.0 Å². The minimum absolute atomic E-state index is 0.0747. The highest BCUT2D eigenvalue weighted by Crippen LogP contribution is 2.56. The average molecular weight is 583 g/mol. The fourth-order valence-electron chi connectivity index (χ4n) is 6.50. The fraction of sp³-hybridized carbons (Fsp3) is 0.379. The van der Waals surface area contributed by atoms with Gasteiger partial charge in [-0.25, -0.2) is 12.8 Å². The Balaban J connectivity index is 1.48. The molecule has 12 heteroatoms. The monoisotopic (exact) mass is 582 g/mol. The minimum Gasteiger partial charge on any atom is -0.457 e. The standard InChI is InChI=1S/C29H31FN4O6S/c30-20-9-10-27-24(17-20)29-23(22-5-1-3-7-26(22)40-27)18-21(19-32-13-11-31(12-14-32)15-16-35)33(29)41(38,39)28-8-4-2-6-25(28)34(36)37/h1-10,17,21,23,29,35H,11-16,18-19H2/t21-,23+,29?/m0/s1. The Morgan fingerprint density at radius 2 is 1.63 bits per heavy atom. The number of nitro groups is 1. The van der Waals surface area contributed by atoms with Gasteiger partial charge in [-0.3, -0.25) is 19.9 Å². The van der Waals surface area contributed by atoms with Crippen LogP contribution in [0.15, 0.2) is 71.6 Å². The Morgan fingerprint density at radius 3 is 2.39 bits per heavy atom. The first-order valence-corrected chi connectivity index (χ1v) is 15.1. The van der Waals surface area contributed by atoms with E-state index in [0.717, 1.165) is 18.7 Å². The molecule has 2 fully saturated rings. The van der Waals surface area contributed by atoms with E-state index in [1.807, 2.05) is 24.3 Å². The summed E-state index contributed by atoms with van der Waals surface area (Å²) in [6.07, 6.45) is 0.428. The smallest absolute Gasteiger partial charge is 0.289 e. The summed E-state index contributed by atoms with van der Waals surface area (Å²) < 4.78 is 51.5. The third-order valence-electron chi connectivity index (χ3n) is 8.34. The van der Waals surface area contributed by atoms with E-state index in [1.165, 1.54) is 46.8 Å². The largest absolute Gasteiger partial charge is 0.457 e. The third kappa shape index (κ3) is 5.10. The molecule has 3 aromatic carbocycles. The Hall–Kier alpha value is -3.42. The van der Waals surface area contributed by atoms with Crippen molar-refractivity contribution < 1.29 is 27.6 Å². The summed E-state index contributed by atoms with van der Waals surface area (Å²) in [5.41, 5.74) is 0.702. The fourth-order valence-corrected chi connectivity index (χ4v) is 8.49. The third-order valence-corrected chi connectivity index (χ3v) is 10.3. The summed E-state index contributed by atoms with van der Waals surface area (Å²) >= 11 is 0. The number of nitrogens with zero attached hydrogens (tertiary/aromatic N) is 4. The number of fused-ring (bicyclic) bond motifs is 5. The molecule has 3 aromatic rings. The van der Waals surface area contributed by atoms with Crippen molar-refractivity contribution in [1.29, 1.82) is 0 Å². The van der Waals surface area contributed by atoms with Crippen LogP contribution < -0.4 is 4.74 Å². The average Bonchev–Trinajstić information content (AvgIpc) is 3.29. The van der Waals surface area contributed by atoms with Gasteiger partial charge in [0.15, 0.2) is 4.90 Å². The van der Waals surface area contributed by atoms with Gasteiger partial charge in [0.2, 0.25) is 0 Å². The predicted octanol–water partition coefficient (Wildman–Crippen LogP) is 3.74. The van der Waals surface area contributed by atoms with Crippen LogP contribution in [0.2, 0.25) is 0 Å². The van der Waals surface area contributed by atoms with Gasteiger partial charge in [0.05, 0.1) is 17.6 Å². The maximum absolute atomic E-state index is 14.8. The zero-order valence-corrected chi connectivity index (χ0v) is 23.1. The van der Waals surface area contributed by atoms with Gasteiger partial charge >= 0.3 is 0 Å². The number of rotatable bonds is 7. The first-order valence-electron chi connectivity index (χ1n) is 13.7. The summed E-state index contributed by atoms with van der Waals surface area (Å²) in [6, 6.07) is 15.5. The topological polar surface area (TPSA) is 116 Å². The molecule has 10 nitrogen and oxygen atoms in total. The molecular weight excluding hydrogens is 551 g/mol. The number of hydrogen-bond acceptors (Lipinski definition) is 8. The molecule has 3 heterocycles. The number of aliphatic hydroxyl groups is 1. The molecule has 3 aliphatic rings. The molecule has 0 aliphatic carbocycles. The minimum atomic E-state index is -4.43. The molecule has 2 saturated heterocycles. The molecular formula is C29H31FN4O6S. The van der Waals surface area contributed by atoms with Gasteiger partial charge in [-0.15, -0.1) is 0 Å². The number of β-amino-alcohol motifs (C(OH)–C–C–N with tert-alkyl or cyclic N) is 1. The number of aliphatic hydroxyl groups excluding tert-OH is 1. The number of benzene rings is 3. The van der Waals surface area contributed by atoms with E-state index >= 15 is 0 Å². The van der Waals surface area contributed by atoms with Crippen molar-refractivity contribution in [2.24, 2.45) is 0 Å². The zero-order valence-electron chi connectivity index (χ0n) is 22.3. The van der Waals surface area contributed by atoms with E-state index in [2.05, 4.69) is 9.80 Å². The Kier molecular flexibility index (Phi) is 7.51. The van der Waals surface area contributed by atoms with Gasteiger partial charge in [0, 0.05) is 62.9 Å². The molecule has 0 aromatic heterocycles. The SMILES string of the molecule is O=[N+]([O-])c1ccccc1S(=O)(=O)N1C2c3cc(F)ccc3Oc3ccccc3[C@H]2C[C@H]1CN1CCN(CCO)CC1. The molecule has 1 unspecified atom stereocenters.